The van der Waals surface area contributed by atoms with Crippen molar-refractivity contribution >= 4 is 29.2 Å². The van der Waals surface area contributed by atoms with Gasteiger partial charge < -0.3 is 29.3 Å². The molecule has 3 N–H and O–H groups in total. The van der Waals surface area contributed by atoms with Gasteiger partial charge >= 0.3 is 11.9 Å². The second kappa shape index (κ2) is 8.00. The summed E-state index contributed by atoms with van der Waals surface area (Å²) in [5.74, 6) is -1.45. The number of carbonyl (C=O) groups is 2. The molecule has 148 valence electrons. The molecule has 0 aliphatic heterocycles. The Morgan fingerprint density at radius 3 is 2.69 bits per heavy atom. The van der Waals surface area contributed by atoms with Crippen molar-refractivity contribution in [1.29, 1.82) is 5.26 Å². The molecule has 9 nitrogen and oxygen atoms in total. The van der Waals surface area contributed by atoms with Gasteiger partial charge in [-0.2, -0.15) is 5.26 Å². The number of halogens is 1. The first-order chi connectivity index (χ1) is 13.8. The lowest BCUT2D eigenvalue weighted by atomic mass is 10.2. The summed E-state index contributed by atoms with van der Waals surface area (Å²) >= 11 is 6.27. The molecule has 0 aliphatic carbocycles. The first-order valence-corrected chi connectivity index (χ1v) is 8.47. The number of methoxy groups -OCH3 is 1. The van der Waals surface area contributed by atoms with Crippen molar-refractivity contribution < 1.29 is 28.6 Å². The highest BCUT2D eigenvalue weighted by Gasteiger charge is 2.22. The number of carboxylic acids is 1. The van der Waals surface area contributed by atoms with Gasteiger partial charge in [0.1, 0.15) is 24.2 Å². The average Bonchev–Trinajstić information content (AvgIpc) is 3.31. The van der Waals surface area contributed by atoms with Crippen molar-refractivity contribution in [3.63, 3.8) is 0 Å². The number of furan rings is 1. The summed E-state index contributed by atoms with van der Waals surface area (Å²) in [5.41, 5.74) is 6.47. The zero-order valence-corrected chi connectivity index (χ0v) is 15.8. The number of esters is 1. The predicted octanol–water partition coefficient (Wildman–Crippen LogP) is 3.24. The molecule has 1 aromatic carbocycles. The fourth-order valence-corrected chi connectivity index (χ4v) is 2.82. The van der Waals surface area contributed by atoms with Crippen LogP contribution in [0.3, 0.4) is 0 Å². The zero-order chi connectivity index (χ0) is 21.1. The van der Waals surface area contributed by atoms with E-state index in [4.69, 9.17) is 36.3 Å². The summed E-state index contributed by atoms with van der Waals surface area (Å²) in [4.78, 5) is 22.9. The molecule has 3 rings (SSSR count). The Hall–Kier alpha value is -3.90. The lowest BCUT2D eigenvalue weighted by molar-refractivity contribution is 0.0591. The van der Waals surface area contributed by atoms with Crippen LogP contribution in [0.25, 0.3) is 5.69 Å². The van der Waals surface area contributed by atoms with E-state index < -0.39 is 11.9 Å². The van der Waals surface area contributed by atoms with Gasteiger partial charge in [-0.25, -0.2) is 9.59 Å². The highest BCUT2D eigenvalue weighted by atomic mass is 35.5. The number of anilines is 1. The molecule has 2 aromatic heterocycles. The largest absolute Gasteiger partial charge is 0.484 e. The van der Waals surface area contributed by atoms with Crippen LogP contribution >= 0.6 is 11.6 Å². The van der Waals surface area contributed by atoms with E-state index in [0.717, 1.165) is 0 Å². The SMILES string of the molecule is COC(=O)c1c(N)c(C#N)cn1-c1ccc(OCc2ccc(C(=O)O)o2)c(Cl)c1. The summed E-state index contributed by atoms with van der Waals surface area (Å²) in [6.07, 6.45) is 1.41. The first-order valence-electron chi connectivity index (χ1n) is 8.09. The summed E-state index contributed by atoms with van der Waals surface area (Å²) in [5, 5.41) is 18.3. The van der Waals surface area contributed by atoms with Gasteiger partial charge in [-0.05, 0) is 30.3 Å². The summed E-state index contributed by atoms with van der Waals surface area (Å²) < 4.78 is 16.8. The number of nitrogen functional groups attached to an aromatic ring is 1. The standard InChI is InChI=1S/C19H14ClN3O6/c1-27-19(26)17-16(22)10(7-21)8-23(17)11-2-4-14(13(20)6-11)28-9-12-3-5-15(29-12)18(24)25/h2-6,8H,9,22H2,1H3,(H,24,25). The van der Waals surface area contributed by atoms with E-state index in [1.165, 1.54) is 36.1 Å². The maximum Gasteiger partial charge on any atom is 0.371 e. The Morgan fingerprint density at radius 2 is 2.10 bits per heavy atom. The minimum Gasteiger partial charge on any atom is -0.484 e. The van der Waals surface area contributed by atoms with Gasteiger partial charge in [-0.15, -0.1) is 0 Å². The number of nitrogens with two attached hydrogens (primary N) is 1. The summed E-state index contributed by atoms with van der Waals surface area (Å²) in [6, 6.07) is 9.42. The molecule has 0 fully saturated rings. The number of aromatic carboxylic acids is 1. The molecule has 0 amide bonds. The van der Waals surface area contributed by atoms with Gasteiger partial charge in [0.05, 0.1) is 23.4 Å². The molecule has 0 aliphatic rings. The number of carboxylic acid groups (broad SMARTS) is 1. The van der Waals surface area contributed by atoms with E-state index in [1.54, 1.807) is 12.1 Å². The second-order valence-electron chi connectivity index (χ2n) is 5.75. The molecular formula is C19H14ClN3O6. The number of aromatic nitrogens is 1. The van der Waals surface area contributed by atoms with E-state index >= 15 is 0 Å². The van der Waals surface area contributed by atoms with E-state index in [1.807, 2.05) is 6.07 Å². The Morgan fingerprint density at radius 1 is 1.34 bits per heavy atom. The third-order valence-corrected chi connectivity index (χ3v) is 4.27. The number of hydrogen-bond acceptors (Lipinski definition) is 7. The number of ether oxygens (including phenoxy) is 2. The van der Waals surface area contributed by atoms with E-state index in [0.29, 0.717) is 17.2 Å². The molecule has 0 radical (unpaired) electrons. The molecule has 0 spiro atoms. The highest BCUT2D eigenvalue weighted by molar-refractivity contribution is 6.32. The topological polar surface area (TPSA) is 141 Å². The average molecular weight is 416 g/mol. The van der Waals surface area contributed by atoms with Gasteiger partial charge in [0.25, 0.3) is 0 Å². The van der Waals surface area contributed by atoms with Crippen LogP contribution in [0.15, 0.2) is 40.9 Å². The van der Waals surface area contributed by atoms with Crippen LogP contribution in [0, 0.1) is 11.3 Å². The van der Waals surface area contributed by atoms with Gasteiger partial charge in [0.2, 0.25) is 5.76 Å². The fourth-order valence-electron chi connectivity index (χ4n) is 2.59. The molecule has 2 heterocycles. The normalized spacial score (nSPS) is 10.4. The van der Waals surface area contributed by atoms with Crippen LogP contribution in [-0.4, -0.2) is 28.7 Å². The van der Waals surface area contributed by atoms with Crippen molar-refractivity contribution in [3.05, 3.63) is 64.3 Å². The van der Waals surface area contributed by atoms with Crippen molar-refractivity contribution in [2.45, 2.75) is 6.61 Å². The van der Waals surface area contributed by atoms with Crippen LogP contribution < -0.4 is 10.5 Å². The Bertz CT molecular complexity index is 1140. The minimum atomic E-state index is -1.18. The lowest BCUT2D eigenvalue weighted by Gasteiger charge is -2.11. The maximum absolute atomic E-state index is 12.1. The third-order valence-electron chi connectivity index (χ3n) is 3.98. The second-order valence-corrected chi connectivity index (χ2v) is 6.16. The fraction of sp³-hybridized carbons (Fsp3) is 0.105. The first kappa shape index (κ1) is 19.9. The Kier molecular flexibility index (Phi) is 5.47. The molecule has 0 saturated heterocycles. The van der Waals surface area contributed by atoms with Crippen LogP contribution in [0.4, 0.5) is 5.69 Å². The lowest BCUT2D eigenvalue weighted by Crippen LogP contribution is -2.11. The van der Waals surface area contributed by atoms with Crippen LogP contribution in [0.2, 0.25) is 5.02 Å². The summed E-state index contributed by atoms with van der Waals surface area (Å²) in [6.45, 7) is -0.0329. The predicted molar refractivity (Wildman–Crippen MR) is 101 cm³/mol. The monoisotopic (exact) mass is 415 g/mol. The maximum atomic E-state index is 12.1. The van der Waals surface area contributed by atoms with Gasteiger partial charge in [0, 0.05) is 11.9 Å². The Labute approximate surface area is 169 Å². The molecule has 10 heteroatoms. The number of nitrogens with zero attached hydrogens (tertiary/aromatic N) is 2. The number of rotatable bonds is 6. The van der Waals surface area contributed by atoms with Gasteiger partial charge in [0.15, 0.2) is 5.69 Å². The van der Waals surface area contributed by atoms with Gasteiger partial charge in [-0.3, -0.25) is 0 Å². The van der Waals surface area contributed by atoms with Crippen LogP contribution in [-0.2, 0) is 11.3 Å². The molecule has 0 atom stereocenters. The van der Waals surface area contributed by atoms with Crippen molar-refractivity contribution in [2.75, 3.05) is 12.8 Å². The van der Waals surface area contributed by atoms with E-state index in [2.05, 4.69) is 0 Å². The number of hydrogen-bond donors (Lipinski definition) is 2. The van der Waals surface area contributed by atoms with Crippen molar-refractivity contribution in [1.82, 2.24) is 4.57 Å². The number of carbonyl (C=O) groups excluding carboxylic acids is 1. The smallest absolute Gasteiger partial charge is 0.371 e. The molecule has 3 aromatic rings. The van der Waals surface area contributed by atoms with Crippen molar-refractivity contribution in [2.24, 2.45) is 0 Å². The Balaban J connectivity index is 1.87. The quantitative estimate of drug-likeness (QED) is 0.584. The van der Waals surface area contributed by atoms with Crippen LogP contribution in [0.5, 0.6) is 5.75 Å². The molecular weight excluding hydrogens is 402 g/mol. The number of benzene rings is 1. The summed E-state index contributed by atoms with van der Waals surface area (Å²) in [7, 11) is 1.21. The zero-order valence-electron chi connectivity index (χ0n) is 15.0. The molecule has 0 unspecified atom stereocenters. The van der Waals surface area contributed by atoms with E-state index in [9.17, 15) is 14.9 Å². The number of nitriles is 1. The van der Waals surface area contributed by atoms with E-state index in [-0.39, 0.29) is 34.3 Å². The third kappa shape index (κ3) is 3.88. The van der Waals surface area contributed by atoms with Crippen molar-refractivity contribution in [3.8, 4) is 17.5 Å². The van der Waals surface area contributed by atoms with Gasteiger partial charge in [-0.1, -0.05) is 11.6 Å². The molecule has 0 saturated carbocycles. The minimum absolute atomic E-state index is 0.00264. The molecule has 0 bridgehead atoms. The highest BCUT2D eigenvalue weighted by Crippen LogP contribution is 2.31. The molecule has 29 heavy (non-hydrogen) atoms. The van der Waals surface area contributed by atoms with Crippen LogP contribution in [0.1, 0.15) is 32.4 Å².